The molecule has 2 aromatic carbocycles. The minimum Gasteiger partial charge on any atom is -0.446 e. The van der Waals surface area contributed by atoms with Gasteiger partial charge in [-0.2, -0.15) is 10.2 Å². The monoisotopic (exact) mass is 444 g/mol. The molecular weight excluding hydrogens is 416 g/mol. The third-order valence-corrected chi connectivity index (χ3v) is 5.26. The maximum absolute atomic E-state index is 12.3. The number of amides is 2. The maximum atomic E-state index is 12.3. The Morgan fingerprint density at radius 3 is 1.36 bits per heavy atom. The lowest BCUT2D eigenvalue weighted by molar-refractivity contribution is 0.0902. The topological polar surface area (TPSA) is 96.1 Å². The van der Waals surface area contributed by atoms with E-state index < -0.39 is 11.8 Å². The van der Waals surface area contributed by atoms with E-state index in [0.29, 0.717) is 11.4 Å². The first-order valence-electron chi connectivity index (χ1n) is 10.9. The van der Waals surface area contributed by atoms with Crippen LogP contribution < -0.4 is 10.9 Å². The van der Waals surface area contributed by atoms with Crippen molar-refractivity contribution in [2.75, 3.05) is 0 Å². The summed E-state index contributed by atoms with van der Waals surface area (Å²) in [6.07, 6.45) is 1.91. The molecule has 7 nitrogen and oxygen atoms in total. The summed E-state index contributed by atoms with van der Waals surface area (Å²) >= 11 is 0. The molecule has 2 amide bonds. The van der Waals surface area contributed by atoms with Crippen LogP contribution in [0, 0.1) is 0 Å². The fourth-order valence-corrected chi connectivity index (χ4v) is 3.05. The van der Waals surface area contributed by atoms with Crippen LogP contribution in [-0.2, 0) is 12.8 Å². The first-order chi connectivity index (χ1) is 15.9. The molecule has 0 aliphatic rings. The van der Waals surface area contributed by atoms with Crippen molar-refractivity contribution >= 4 is 23.2 Å². The van der Waals surface area contributed by atoms with Gasteiger partial charge in [0.1, 0.15) is 0 Å². The second-order valence-electron chi connectivity index (χ2n) is 7.54. The highest BCUT2D eigenvalue weighted by molar-refractivity contribution is 6.01. The molecule has 33 heavy (non-hydrogen) atoms. The van der Waals surface area contributed by atoms with Crippen molar-refractivity contribution in [3.63, 3.8) is 0 Å². The molecule has 1 heterocycles. The molecule has 2 N–H and O–H groups in total. The van der Waals surface area contributed by atoms with Gasteiger partial charge >= 0.3 is 11.8 Å². The lowest BCUT2D eigenvalue weighted by Crippen LogP contribution is -2.20. The van der Waals surface area contributed by atoms with Crippen LogP contribution in [0.2, 0.25) is 0 Å². The fourth-order valence-electron chi connectivity index (χ4n) is 3.05. The van der Waals surface area contributed by atoms with Crippen LogP contribution in [0.1, 0.15) is 71.1 Å². The summed E-state index contributed by atoms with van der Waals surface area (Å²) in [4.78, 5) is 24.7. The summed E-state index contributed by atoms with van der Waals surface area (Å²) in [6.45, 7) is 7.79. The van der Waals surface area contributed by atoms with Crippen LogP contribution in [0.25, 0.3) is 0 Å². The van der Waals surface area contributed by atoms with Crippen LogP contribution >= 0.6 is 0 Å². The number of benzene rings is 2. The van der Waals surface area contributed by atoms with Gasteiger partial charge in [0.2, 0.25) is 0 Å². The average Bonchev–Trinajstić information content (AvgIpc) is 3.36. The second kappa shape index (κ2) is 11.0. The van der Waals surface area contributed by atoms with Crippen molar-refractivity contribution in [3.05, 3.63) is 94.4 Å². The standard InChI is InChI=1S/C26H28N4O3/c1-5-19-7-11-21(12-8-19)17(3)27-29-25(31)23-15-16-24(33-23)26(32)30-28-18(4)22-13-9-20(6-2)10-14-22/h7-16H,5-6H2,1-4H3,(H,29,31)(H,30,32)/b27-17+,28-18+. The lowest BCUT2D eigenvalue weighted by atomic mass is 10.1. The zero-order valence-electron chi connectivity index (χ0n) is 19.3. The molecule has 0 saturated carbocycles. The predicted molar refractivity (Wildman–Crippen MR) is 130 cm³/mol. The number of carbonyl (C=O) groups is 2. The summed E-state index contributed by atoms with van der Waals surface area (Å²) < 4.78 is 5.38. The van der Waals surface area contributed by atoms with Gasteiger partial charge in [-0.25, -0.2) is 10.9 Å². The van der Waals surface area contributed by atoms with Gasteiger partial charge in [-0.15, -0.1) is 0 Å². The highest BCUT2D eigenvalue weighted by atomic mass is 16.4. The van der Waals surface area contributed by atoms with E-state index in [-0.39, 0.29) is 11.5 Å². The zero-order chi connectivity index (χ0) is 23.8. The number of hydrogen-bond donors (Lipinski definition) is 2. The molecule has 0 atom stereocenters. The van der Waals surface area contributed by atoms with Crippen LogP contribution in [0.4, 0.5) is 0 Å². The Morgan fingerprint density at radius 1 is 0.667 bits per heavy atom. The third-order valence-electron chi connectivity index (χ3n) is 5.26. The van der Waals surface area contributed by atoms with Crippen LogP contribution in [0.15, 0.2) is 75.3 Å². The first kappa shape index (κ1) is 23.7. The third kappa shape index (κ3) is 6.26. The van der Waals surface area contributed by atoms with Crippen LogP contribution in [0.5, 0.6) is 0 Å². The summed E-state index contributed by atoms with van der Waals surface area (Å²) in [5.74, 6) is -1.13. The molecule has 3 aromatic rings. The number of nitrogens with zero attached hydrogens (tertiary/aromatic N) is 2. The van der Waals surface area contributed by atoms with E-state index in [4.69, 9.17) is 4.42 Å². The molecule has 0 spiro atoms. The van der Waals surface area contributed by atoms with Gasteiger partial charge in [0.25, 0.3) is 0 Å². The van der Waals surface area contributed by atoms with E-state index in [9.17, 15) is 9.59 Å². The average molecular weight is 445 g/mol. The minimum atomic E-state index is -0.547. The normalized spacial score (nSPS) is 11.9. The number of hydrazone groups is 2. The van der Waals surface area contributed by atoms with Gasteiger partial charge in [0.15, 0.2) is 11.5 Å². The highest BCUT2D eigenvalue weighted by Crippen LogP contribution is 2.10. The van der Waals surface area contributed by atoms with E-state index in [1.165, 1.54) is 23.3 Å². The second-order valence-corrected chi connectivity index (χ2v) is 7.54. The molecule has 0 radical (unpaired) electrons. The Bertz CT molecular complexity index is 1080. The van der Waals surface area contributed by atoms with Crippen LogP contribution in [-0.4, -0.2) is 23.2 Å². The van der Waals surface area contributed by atoms with Crippen molar-refractivity contribution in [1.29, 1.82) is 0 Å². The Balaban J connectivity index is 1.59. The Morgan fingerprint density at radius 2 is 1.03 bits per heavy atom. The van der Waals surface area contributed by atoms with Gasteiger partial charge in [0, 0.05) is 0 Å². The Labute approximate surface area is 193 Å². The first-order valence-corrected chi connectivity index (χ1v) is 10.9. The van der Waals surface area contributed by atoms with E-state index >= 15 is 0 Å². The number of carbonyl (C=O) groups excluding carboxylic acids is 2. The van der Waals surface area contributed by atoms with Crippen LogP contribution in [0.3, 0.4) is 0 Å². The summed E-state index contributed by atoms with van der Waals surface area (Å²) in [7, 11) is 0. The van der Waals surface area contributed by atoms with Gasteiger partial charge < -0.3 is 4.42 Å². The van der Waals surface area contributed by atoms with Gasteiger partial charge in [-0.05, 0) is 61.1 Å². The van der Waals surface area contributed by atoms with Gasteiger partial charge in [-0.3, -0.25) is 9.59 Å². The van der Waals surface area contributed by atoms with Crippen molar-refractivity contribution in [1.82, 2.24) is 10.9 Å². The number of nitrogens with one attached hydrogen (secondary N) is 2. The molecule has 0 fully saturated rings. The SMILES string of the molecule is CCc1ccc(/C(C)=N/NC(=O)c2ccc(C(=O)N/N=C(\C)c3ccc(CC)cc3)o2)cc1. The number of aryl methyl sites for hydroxylation is 2. The number of hydrogen-bond acceptors (Lipinski definition) is 5. The highest BCUT2D eigenvalue weighted by Gasteiger charge is 2.15. The lowest BCUT2D eigenvalue weighted by Gasteiger charge is -2.04. The van der Waals surface area contributed by atoms with Gasteiger partial charge in [-0.1, -0.05) is 62.4 Å². The van der Waals surface area contributed by atoms with E-state index in [0.717, 1.165) is 24.0 Å². The molecule has 0 aliphatic heterocycles. The summed E-state index contributed by atoms with van der Waals surface area (Å²) in [6, 6.07) is 18.8. The molecule has 0 saturated heterocycles. The molecule has 3 rings (SSSR count). The molecule has 0 bridgehead atoms. The smallest absolute Gasteiger partial charge is 0.307 e. The Hall–Kier alpha value is -4.00. The fraction of sp³-hybridized carbons (Fsp3) is 0.231. The predicted octanol–water partition coefficient (Wildman–Crippen LogP) is 4.71. The molecule has 170 valence electrons. The van der Waals surface area contributed by atoms with E-state index in [2.05, 4.69) is 34.9 Å². The van der Waals surface area contributed by atoms with Gasteiger partial charge in [0.05, 0.1) is 11.4 Å². The maximum Gasteiger partial charge on any atom is 0.307 e. The van der Waals surface area contributed by atoms with Crippen molar-refractivity contribution < 1.29 is 14.0 Å². The van der Waals surface area contributed by atoms with E-state index in [1.54, 1.807) is 13.8 Å². The summed E-state index contributed by atoms with van der Waals surface area (Å²) in [5.41, 5.74) is 10.5. The minimum absolute atomic E-state index is 0.0195. The number of furan rings is 1. The molecule has 0 aliphatic carbocycles. The van der Waals surface area contributed by atoms with Crippen molar-refractivity contribution in [3.8, 4) is 0 Å². The van der Waals surface area contributed by atoms with Crippen molar-refractivity contribution in [2.24, 2.45) is 10.2 Å². The van der Waals surface area contributed by atoms with Crippen molar-refractivity contribution in [2.45, 2.75) is 40.5 Å². The zero-order valence-corrected chi connectivity index (χ0v) is 19.3. The quantitative estimate of drug-likeness (QED) is 0.389. The molecular formula is C26H28N4O3. The molecule has 0 unspecified atom stereocenters. The molecule has 7 heteroatoms. The summed E-state index contributed by atoms with van der Waals surface area (Å²) in [5, 5.41) is 8.24. The Kier molecular flexibility index (Phi) is 7.91. The largest absolute Gasteiger partial charge is 0.446 e. The number of rotatable bonds is 8. The van der Waals surface area contributed by atoms with E-state index in [1.807, 2.05) is 48.5 Å². The molecule has 1 aromatic heterocycles.